The number of aromatic nitrogens is 2. The third-order valence-corrected chi connectivity index (χ3v) is 5.79. The first-order valence-corrected chi connectivity index (χ1v) is 10.6. The molecule has 5 rings (SSSR count). The largest absolute Gasteiger partial charge is 0.497 e. The van der Waals surface area contributed by atoms with E-state index < -0.39 is 0 Å². The third kappa shape index (κ3) is 3.48. The zero-order chi connectivity index (χ0) is 22.2. The third-order valence-electron chi connectivity index (χ3n) is 5.55. The molecule has 1 aliphatic rings. The monoisotopic (exact) mass is 444 g/mol. The number of hydrogen-bond donors (Lipinski definition) is 0. The molecule has 6 nitrogen and oxygen atoms in total. The second-order valence-electron chi connectivity index (χ2n) is 7.58. The van der Waals surface area contributed by atoms with Crippen molar-refractivity contribution in [3.63, 3.8) is 0 Å². The predicted molar refractivity (Wildman–Crippen MR) is 127 cm³/mol. The van der Waals surface area contributed by atoms with Gasteiger partial charge >= 0.3 is 0 Å². The van der Waals surface area contributed by atoms with Crippen molar-refractivity contribution < 1.29 is 9.53 Å². The summed E-state index contributed by atoms with van der Waals surface area (Å²) in [5.74, 6) is 1.25. The highest BCUT2D eigenvalue weighted by atomic mass is 35.5. The molecule has 0 unspecified atom stereocenters. The molecule has 0 atom stereocenters. The number of carbonyl (C=O) groups is 1. The number of amides is 1. The molecule has 3 aromatic carbocycles. The summed E-state index contributed by atoms with van der Waals surface area (Å²) < 4.78 is 7.03. The first kappa shape index (κ1) is 20.2. The fourth-order valence-electron chi connectivity index (χ4n) is 3.95. The van der Waals surface area contributed by atoms with Crippen LogP contribution in [0, 0.1) is 0 Å². The topological polar surface area (TPSA) is 50.6 Å². The molecule has 0 N–H and O–H groups in total. The highest BCUT2D eigenvalue weighted by Gasteiger charge is 2.33. The van der Waals surface area contributed by atoms with Crippen molar-refractivity contribution in [1.82, 2.24) is 9.78 Å². The minimum Gasteiger partial charge on any atom is -0.497 e. The van der Waals surface area contributed by atoms with Gasteiger partial charge in [0.2, 0.25) is 0 Å². The number of hydrogen-bond acceptors (Lipinski definition) is 4. The molecule has 0 radical (unpaired) electrons. The summed E-state index contributed by atoms with van der Waals surface area (Å²) in [4.78, 5) is 17.4. The van der Waals surface area contributed by atoms with Crippen molar-refractivity contribution >= 4 is 40.4 Å². The Morgan fingerprint density at radius 3 is 2.44 bits per heavy atom. The molecule has 0 spiro atoms. The molecular formula is C25H21ClN4O2. The number of halogens is 1. The average molecular weight is 445 g/mol. The molecule has 0 saturated carbocycles. The zero-order valence-electron chi connectivity index (χ0n) is 17.7. The molecule has 160 valence electrons. The highest BCUT2D eigenvalue weighted by Crippen LogP contribution is 2.43. The molecule has 1 aromatic heterocycles. The van der Waals surface area contributed by atoms with Gasteiger partial charge in [-0.25, -0.2) is 0 Å². The van der Waals surface area contributed by atoms with Gasteiger partial charge in [-0.2, -0.15) is 5.10 Å². The van der Waals surface area contributed by atoms with E-state index in [9.17, 15) is 4.79 Å². The number of anilines is 4. The maximum absolute atomic E-state index is 13.8. The Bertz CT molecular complexity index is 1290. The summed E-state index contributed by atoms with van der Waals surface area (Å²) in [5, 5.41) is 5.33. The highest BCUT2D eigenvalue weighted by molar-refractivity contribution is 6.31. The minimum absolute atomic E-state index is 0.153. The normalized spacial score (nSPS) is 12.9. The van der Waals surface area contributed by atoms with Crippen LogP contribution < -0.4 is 14.5 Å². The van der Waals surface area contributed by atoms with Crippen LogP contribution in [0.3, 0.4) is 0 Å². The van der Waals surface area contributed by atoms with Gasteiger partial charge in [0.25, 0.3) is 5.91 Å². The number of rotatable bonds is 4. The molecule has 0 fully saturated rings. The number of carbonyl (C=O) groups excluding carboxylic acids is 1. The van der Waals surface area contributed by atoms with Gasteiger partial charge in [0, 0.05) is 24.0 Å². The van der Waals surface area contributed by atoms with Crippen LogP contribution >= 0.6 is 11.6 Å². The molecule has 1 aliphatic heterocycles. The zero-order valence-corrected chi connectivity index (χ0v) is 18.5. The van der Waals surface area contributed by atoms with E-state index in [1.165, 1.54) is 0 Å². The fourth-order valence-corrected chi connectivity index (χ4v) is 4.11. The Morgan fingerprint density at radius 2 is 1.72 bits per heavy atom. The molecule has 32 heavy (non-hydrogen) atoms. The van der Waals surface area contributed by atoms with Crippen LogP contribution in [0.4, 0.5) is 22.9 Å². The second kappa shape index (κ2) is 8.05. The molecule has 0 bridgehead atoms. The molecule has 2 heterocycles. The van der Waals surface area contributed by atoms with Crippen molar-refractivity contribution in [3.05, 3.63) is 95.1 Å². The van der Waals surface area contributed by atoms with Gasteiger partial charge in [-0.05, 0) is 48.0 Å². The van der Waals surface area contributed by atoms with Gasteiger partial charge in [-0.3, -0.25) is 14.4 Å². The maximum Gasteiger partial charge on any atom is 0.268 e. The quantitative estimate of drug-likeness (QED) is 0.408. The number of fused-ring (bicyclic) bond motifs is 2. The molecule has 0 saturated heterocycles. The lowest BCUT2D eigenvalue weighted by Gasteiger charge is -2.25. The Morgan fingerprint density at radius 1 is 0.969 bits per heavy atom. The van der Waals surface area contributed by atoms with E-state index in [1.54, 1.807) is 16.7 Å². The first-order valence-electron chi connectivity index (χ1n) is 10.2. The summed E-state index contributed by atoms with van der Waals surface area (Å²) in [6.45, 7) is 0.539. The van der Waals surface area contributed by atoms with Crippen molar-refractivity contribution in [3.8, 4) is 5.75 Å². The fraction of sp³-hybridized carbons (Fsp3) is 0.120. The minimum atomic E-state index is -0.153. The Balaban J connectivity index is 1.61. The van der Waals surface area contributed by atoms with Gasteiger partial charge in [0.15, 0.2) is 5.82 Å². The Labute approximate surface area is 191 Å². The number of nitrogens with zero attached hydrogens (tertiary/aromatic N) is 4. The number of methoxy groups -OCH3 is 1. The second-order valence-corrected chi connectivity index (χ2v) is 8.02. The molecule has 7 heteroatoms. The average Bonchev–Trinajstić information content (AvgIpc) is 3.21. The maximum atomic E-state index is 13.8. The predicted octanol–water partition coefficient (Wildman–Crippen LogP) is 5.65. The molecular weight excluding hydrogens is 424 g/mol. The lowest BCUT2D eigenvalue weighted by atomic mass is 10.2. The summed E-state index contributed by atoms with van der Waals surface area (Å²) in [6, 6.07) is 22.9. The Hall–Kier alpha value is -3.77. The van der Waals surface area contributed by atoms with Gasteiger partial charge in [0.1, 0.15) is 11.3 Å². The van der Waals surface area contributed by atoms with Gasteiger partial charge in [-0.15, -0.1) is 0 Å². The van der Waals surface area contributed by atoms with Crippen LogP contribution in [-0.2, 0) is 6.54 Å². The SMILES string of the molecule is COc1ccc(Cn2cc3c(n2)N(C)c2ccc(Cl)cc2N(c2ccccc2)C3=O)cc1. The smallest absolute Gasteiger partial charge is 0.268 e. The summed E-state index contributed by atoms with van der Waals surface area (Å²) in [6.07, 6.45) is 1.81. The molecule has 4 aromatic rings. The number of para-hydroxylation sites is 1. The van der Waals surface area contributed by atoms with Crippen molar-refractivity contribution in [2.75, 3.05) is 24.0 Å². The van der Waals surface area contributed by atoms with E-state index >= 15 is 0 Å². The van der Waals surface area contributed by atoms with Crippen molar-refractivity contribution in [2.24, 2.45) is 0 Å². The van der Waals surface area contributed by atoms with Crippen LogP contribution in [0.25, 0.3) is 0 Å². The van der Waals surface area contributed by atoms with E-state index in [0.717, 1.165) is 28.4 Å². The summed E-state index contributed by atoms with van der Waals surface area (Å²) in [5.41, 5.74) is 3.92. The van der Waals surface area contributed by atoms with E-state index in [4.69, 9.17) is 21.4 Å². The van der Waals surface area contributed by atoms with Crippen LogP contribution in [0.5, 0.6) is 5.75 Å². The number of benzene rings is 3. The number of ether oxygens (including phenoxy) is 1. The lowest BCUT2D eigenvalue weighted by Crippen LogP contribution is -2.25. The molecule has 0 aliphatic carbocycles. The summed E-state index contributed by atoms with van der Waals surface area (Å²) in [7, 11) is 3.56. The lowest BCUT2D eigenvalue weighted by molar-refractivity contribution is 0.100. The first-order chi connectivity index (χ1) is 15.5. The summed E-state index contributed by atoms with van der Waals surface area (Å²) >= 11 is 6.32. The van der Waals surface area contributed by atoms with E-state index in [-0.39, 0.29) is 5.91 Å². The van der Waals surface area contributed by atoms with Gasteiger partial charge < -0.3 is 9.64 Å². The van der Waals surface area contributed by atoms with Crippen LogP contribution in [0.15, 0.2) is 79.0 Å². The van der Waals surface area contributed by atoms with Crippen molar-refractivity contribution in [2.45, 2.75) is 6.54 Å². The Kier molecular flexibility index (Phi) is 5.07. The van der Waals surface area contributed by atoms with Crippen LogP contribution in [0.1, 0.15) is 15.9 Å². The van der Waals surface area contributed by atoms with Gasteiger partial charge in [0.05, 0.1) is 25.0 Å². The van der Waals surface area contributed by atoms with Gasteiger partial charge in [-0.1, -0.05) is 41.9 Å². The van der Waals surface area contributed by atoms with Crippen LogP contribution in [-0.4, -0.2) is 29.8 Å². The standard InChI is InChI=1S/C25H21ClN4O2/c1-28-22-13-10-18(26)14-23(22)30(19-6-4-3-5-7-19)25(31)21-16-29(27-24(21)28)15-17-8-11-20(32-2)12-9-17/h3-14,16H,15H2,1-2H3. The van der Waals surface area contributed by atoms with E-state index in [2.05, 4.69) is 0 Å². The van der Waals surface area contributed by atoms with E-state index in [1.807, 2.05) is 90.9 Å². The van der Waals surface area contributed by atoms with Crippen LogP contribution in [0.2, 0.25) is 5.02 Å². The van der Waals surface area contributed by atoms with Crippen molar-refractivity contribution in [1.29, 1.82) is 0 Å². The molecule has 1 amide bonds. The van der Waals surface area contributed by atoms with E-state index in [0.29, 0.717) is 22.9 Å².